The van der Waals surface area contributed by atoms with Gasteiger partial charge in [0, 0.05) is 9.52 Å². The van der Waals surface area contributed by atoms with Crippen molar-refractivity contribution >= 4 is 17.6 Å². The fraction of sp³-hybridized carbons (Fsp3) is 0.875. The van der Waals surface area contributed by atoms with E-state index in [-0.39, 0.29) is 9.52 Å². The van der Waals surface area contributed by atoms with Crippen LogP contribution in [0.2, 0.25) is 30.2 Å². The largest absolute Gasteiger partial charge is 0.317 e. The molecule has 0 aliphatic heterocycles. The zero-order valence-corrected chi connectivity index (χ0v) is 16.6. The van der Waals surface area contributed by atoms with E-state index in [2.05, 4.69) is 45.6 Å². The van der Waals surface area contributed by atoms with Gasteiger partial charge in [-0.05, 0) is 39.8 Å². The summed E-state index contributed by atoms with van der Waals surface area (Å²) in [6, 6.07) is 7.45. The van der Waals surface area contributed by atoms with Gasteiger partial charge in [0.1, 0.15) is 0 Å². The smallest absolute Gasteiger partial charge is 0.0528 e. The Balaban J connectivity index is 3.47. The van der Waals surface area contributed by atoms with E-state index in [1.807, 2.05) is 0 Å². The van der Waals surface area contributed by atoms with Crippen LogP contribution in [-0.2, 0) is 0 Å². The molecule has 0 amide bonds. The van der Waals surface area contributed by atoms with Crippen LogP contribution in [0.25, 0.3) is 0 Å². The third kappa shape index (κ3) is 9.63. The minimum absolute atomic E-state index is 0.0956. The first-order chi connectivity index (χ1) is 9.10. The summed E-state index contributed by atoms with van der Waals surface area (Å²) >= 11 is 0. The van der Waals surface area contributed by atoms with Crippen molar-refractivity contribution in [2.45, 2.75) is 77.7 Å². The molecule has 114 valence electrons. The highest BCUT2D eigenvalue weighted by Gasteiger charge is 2.25. The van der Waals surface area contributed by atoms with Crippen LogP contribution in [0.15, 0.2) is 11.3 Å². The minimum Gasteiger partial charge on any atom is -0.317 e. The van der Waals surface area contributed by atoms with E-state index in [0.717, 1.165) is 0 Å². The second-order valence-electron chi connectivity index (χ2n) is 6.19. The second-order valence-corrected chi connectivity index (χ2v) is 13.5. The first kappa shape index (κ1) is 19.1. The minimum atomic E-state index is -0.852. The fourth-order valence-corrected chi connectivity index (χ4v) is 7.59. The van der Waals surface area contributed by atoms with Crippen molar-refractivity contribution < 1.29 is 0 Å². The topological polar surface area (TPSA) is 12.0 Å². The van der Waals surface area contributed by atoms with E-state index in [0.29, 0.717) is 0 Å². The molecule has 3 heteroatoms. The number of hydrogen-bond acceptors (Lipinski definition) is 1. The van der Waals surface area contributed by atoms with Crippen LogP contribution in [0.5, 0.6) is 0 Å². The second kappa shape index (κ2) is 11.9. The summed E-state index contributed by atoms with van der Waals surface area (Å²) in [5.74, 6) is 0. The maximum Gasteiger partial charge on any atom is 0.0528 e. The summed E-state index contributed by atoms with van der Waals surface area (Å²) < 4.78 is 0. The molecule has 0 bridgehead atoms. The molecule has 0 heterocycles. The van der Waals surface area contributed by atoms with Crippen molar-refractivity contribution in [2.75, 3.05) is 13.1 Å². The van der Waals surface area contributed by atoms with Crippen molar-refractivity contribution in [2.24, 2.45) is 0 Å². The van der Waals surface area contributed by atoms with Crippen LogP contribution >= 0.6 is 0 Å². The van der Waals surface area contributed by atoms with Crippen LogP contribution in [-0.4, -0.2) is 30.7 Å². The monoisotopic (exact) mass is 299 g/mol. The van der Waals surface area contributed by atoms with E-state index in [1.54, 1.807) is 0 Å². The Hall–Kier alpha value is 0.134. The predicted octanol–water partition coefficient (Wildman–Crippen LogP) is 4.38. The lowest BCUT2D eigenvalue weighted by Crippen LogP contribution is -2.32. The molecule has 0 saturated heterocycles. The van der Waals surface area contributed by atoms with E-state index < -0.39 is 8.07 Å². The van der Waals surface area contributed by atoms with Crippen molar-refractivity contribution in [1.82, 2.24) is 5.32 Å². The first-order valence-corrected chi connectivity index (χ1v) is 13.1. The molecular weight excluding hydrogens is 262 g/mol. The zero-order chi connectivity index (χ0) is 14.6. The van der Waals surface area contributed by atoms with Gasteiger partial charge in [-0.1, -0.05) is 56.6 Å². The molecule has 0 aliphatic carbocycles. The fourth-order valence-electron chi connectivity index (χ4n) is 2.78. The molecule has 0 unspecified atom stereocenters. The third-order valence-corrected chi connectivity index (χ3v) is 12.6. The summed E-state index contributed by atoms with van der Waals surface area (Å²) in [5.41, 5.74) is 4.00. The number of nitrogens with one attached hydrogen (secondary N) is 1. The highest BCUT2D eigenvalue weighted by atomic mass is 28.3. The SMILES string of the molecule is CC[Si](CC)(CC)CCCNCCC[SiH2]C=C(C)C. The highest BCUT2D eigenvalue weighted by molar-refractivity contribution is 6.79. The Morgan fingerprint density at radius 1 is 1.00 bits per heavy atom. The molecule has 0 radical (unpaired) electrons. The molecule has 0 atom stereocenters. The van der Waals surface area contributed by atoms with E-state index in [4.69, 9.17) is 0 Å². The van der Waals surface area contributed by atoms with Crippen LogP contribution in [0.4, 0.5) is 0 Å². The molecule has 0 aliphatic rings. The Morgan fingerprint density at radius 2 is 1.58 bits per heavy atom. The average Bonchev–Trinajstić information content (AvgIpc) is 2.41. The van der Waals surface area contributed by atoms with Crippen molar-refractivity contribution in [3.05, 3.63) is 11.3 Å². The lowest BCUT2D eigenvalue weighted by molar-refractivity contribution is 0.656. The molecule has 0 fully saturated rings. The standard InChI is InChI=1S/C16H37NSi2/c1-6-19(7-2,8-3)14-10-12-17-11-9-13-18-15-16(4)5/h15,17H,6-14,18H2,1-5H3. The molecule has 0 spiro atoms. The molecule has 0 aromatic rings. The summed E-state index contributed by atoms with van der Waals surface area (Å²) in [5, 5.41) is 3.64. The normalized spacial score (nSPS) is 12.3. The predicted molar refractivity (Wildman–Crippen MR) is 96.9 cm³/mol. The van der Waals surface area contributed by atoms with Gasteiger partial charge in [0.05, 0.1) is 8.07 Å². The summed E-state index contributed by atoms with van der Waals surface area (Å²) in [6.45, 7) is 14.2. The number of allylic oxidation sites excluding steroid dienone is 1. The van der Waals surface area contributed by atoms with Crippen molar-refractivity contribution in [1.29, 1.82) is 0 Å². The average molecular weight is 300 g/mol. The van der Waals surface area contributed by atoms with Gasteiger partial charge in [0.25, 0.3) is 0 Å². The van der Waals surface area contributed by atoms with Crippen molar-refractivity contribution in [3.8, 4) is 0 Å². The summed E-state index contributed by atoms with van der Waals surface area (Å²) in [4.78, 5) is 0. The lowest BCUT2D eigenvalue weighted by Gasteiger charge is -2.28. The number of hydrogen-bond donors (Lipinski definition) is 1. The van der Waals surface area contributed by atoms with E-state index >= 15 is 0 Å². The van der Waals surface area contributed by atoms with Gasteiger partial charge in [0.2, 0.25) is 0 Å². The molecular formula is C16H37NSi2. The van der Waals surface area contributed by atoms with Gasteiger partial charge in [-0.25, -0.2) is 0 Å². The van der Waals surface area contributed by atoms with Crippen LogP contribution in [0.3, 0.4) is 0 Å². The van der Waals surface area contributed by atoms with Gasteiger partial charge in [-0.3, -0.25) is 0 Å². The number of rotatable bonds is 12. The Labute approximate surface area is 125 Å². The molecule has 0 aromatic heterocycles. The van der Waals surface area contributed by atoms with Gasteiger partial charge in [0.15, 0.2) is 0 Å². The lowest BCUT2D eigenvalue weighted by atomic mass is 10.4. The highest BCUT2D eigenvalue weighted by Crippen LogP contribution is 2.26. The van der Waals surface area contributed by atoms with Gasteiger partial charge >= 0.3 is 0 Å². The maximum absolute atomic E-state index is 3.64. The Bertz CT molecular complexity index is 223. The van der Waals surface area contributed by atoms with Gasteiger partial charge in [-0.2, -0.15) is 0 Å². The third-order valence-electron chi connectivity index (χ3n) is 4.67. The summed E-state index contributed by atoms with van der Waals surface area (Å²) in [7, 11) is -0.756. The molecule has 19 heavy (non-hydrogen) atoms. The van der Waals surface area contributed by atoms with Crippen LogP contribution in [0.1, 0.15) is 47.5 Å². The Morgan fingerprint density at radius 3 is 2.11 bits per heavy atom. The molecule has 1 N–H and O–H groups in total. The Kier molecular flexibility index (Phi) is 12.0. The van der Waals surface area contributed by atoms with E-state index in [1.165, 1.54) is 61.7 Å². The molecule has 0 aromatic carbocycles. The van der Waals surface area contributed by atoms with E-state index in [9.17, 15) is 0 Å². The first-order valence-electron chi connectivity index (χ1n) is 8.44. The molecule has 0 saturated carbocycles. The molecule has 0 rings (SSSR count). The van der Waals surface area contributed by atoms with Crippen molar-refractivity contribution in [3.63, 3.8) is 0 Å². The van der Waals surface area contributed by atoms with Crippen LogP contribution in [0, 0.1) is 0 Å². The zero-order valence-electron chi connectivity index (χ0n) is 14.1. The van der Waals surface area contributed by atoms with Gasteiger partial charge in [-0.15, -0.1) is 5.70 Å². The quantitative estimate of drug-likeness (QED) is 0.417. The summed E-state index contributed by atoms with van der Waals surface area (Å²) in [6.07, 6.45) is 2.79. The maximum atomic E-state index is 3.64. The van der Waals surface area contributed by atoms with Crippen LogP contribution < -0.4 is 5.32 Å². The molecule has 1 nitrogen and oxygen atoms in total. The van der Waals surface area contributed by atoms with Gasteiger partial charge < -0.3 is 5.32 Å².